The van der Waals surface area contributed by atoms with E-state index in [-0.39, 0.29) is 11.9 Å². The van der Waals surface area contributed by atoms with Crippen LogP contribution in [-0.4, -0.2) is 18.5 Å². The first kappa shape index (κ1) is 18.5. The molecule has 1 aromatic heterocycles. The van der Waals surface area contributed by atoms with Crippen molar-refractivity contribution in [3.63, 3.8) is 0 Å². The van der Waals surface area contributed by atoms with E-state index in [9.17, 15) is 9.59 Å². The molecule has 142 valence electrons. The number of thiophene rings is 1. The third-order valence-corrected chi connectivity index (χ3v) is 5.69. The Morgan fingerprint density at radius 1 is 1.11 bits per heavy atom. The van der Waals surface area contributed by atoms with Gasteiger partial charge in [-0.05, 0) is 53.3 Å². The summed E-state index contributed by atoms with van der Waals surface area (Å²) in [5, 5.41) is 8.21. The number of hydrogen-bond acceptors (Lipinski definition) is 3. The lowest BCUT2D eigenvalue weighted by Gasteiger charge is -2.17. The molecule has 0 radical (unpaired) electrons. The molecule has 0 bridgehead atoms. The van der Waals surface area contributed by atoms with Gasteiger partial charge in [0.1, 0.15) is 0 Å². The van der Waals surface area contributed by atoms with Crippen LogP contribution in [0.15, 0.2) is 60.0 Å². The van der Waals surface area contributed by atoms with E-state index in [0.29, 0.717) is 28.7 Å². The van der Waals surface area contributed by atoms with Crippen molar-refractivity contribution in [3.05, 3.63) is 81.0 Å². The summed E-state index contributed by atoms with van der Waals surface area (Å²) in [6.45, 7) is 1.05. The lowest BCUT2D eigenvalue weighted by atomic mass is 10.1. The molecule has 0 saturated heterocycles. The van der Waals surface area contributed by atoms with E-state index in [1.54, 1.807) is 17.0 Å². The Morgan fingerprint density at radius 3 is 2.68 bits per heavy atom. The van der Waals surface area contributed by atoms with Crippen LogP contribution in [-0.2, 0) is 13.0 Å². The number of carbonyl (C=O) groups excluding carboxylic acids is 2. The topological polar surface area (TPSA) is 61.4 Å². The van der Waals surface area contributed by atoms with Crippen LogP contribution in [0.3, 0.4) is 0 Å². The van der Waals surface area contributed by atoms with Crippen LogP contribution in [0.1, 0.15) is 20.8 Å². The molecule has 5 nitrogen and oxygen atoms in total. The molecular weight excluding hydrogens is 394 g/mol. The highest BCUT2D eigenvalue weighted by Gasteiger charge is 2.26. The minimum absolute atomic E-state index is 0.00177. The van der Waals surface area contributed by atoms with E-state index >= 15 is 0 Å². The number of rotatable bonds is 4. The first-order valence-electron chi connectivity index (χ1n) is 8.88. The number of hydrogen-bond donors (Lipinski definition) is 2. The largest absolute Gasteiger partial charge is 0.334 e. The summed E-state index contributed by atoms with van der Waals surface area (Å²) in [5.74, 6) is -0.00177. The normalized spacial score (nSPS) is 12.5. The van der Waals surface area contributed by atoms with Gasteiger partial charge in [0.05, 0.1) is 4.88 Å². The van der Waals surface area contributed by atoms with E-state index in [1.807, 2.05) is 47.8 Å². The van der Waals surface area contributed by atoms with Gasteiger partial charge in [-0.1, -0.05) is 35.9 Å². The molecule has 1 aliphatic rings. The quantitative estimate of drug-likeness (QED) is 0.639. The van der Waals surface area contributed by atoms with Gasteiger partial charge in [-0.2, -0.15) is 0 Å². The van der Waals surface area contributed by atoms with E-state index in [2.05, 4.69) is 10.6 Å². The molecule has 0 fully saturated rings. The van der Waals surface area contributed by atoms with E-state index < -0.39 is 0 Å². The second kappa shape index (κ2) is 8.04. The number of fused-ring (bicyclic) bond motifs is 1. The molecule has 2 aromatic carbocycles. The minimum atomic E-state index is -0.302. The molecular formula is C21H18ClN3O2S. The second-order valence-corrected chi connectivity index (χ2v) is 7.85. The number of anilines is 2. The molecule has 0 aliphatic carbocycles. The Hall–Kier alpha value is -2.83. The van der Waals surface area contributed by atoms with Gasteiger partial charge in [-0.3, -0.25) is 4.79 Å². The van der Waals surface area contributed by atoms with Gasteiger partial charge in [0.25, 0.3) is 5.91 Å². The Kier molecular flexibility index (Phi) is 5.32. The fourth-order valence-electron chi connectivity index (χ4n) is 3.16. The molecule has 1 aliphatic heterocycles. The number of carbonyl (C=O) groups is 2. The van der Waals surface area contributed by atoms with Gasteiger partial charge >= 0.3 is 6.03 Å². The molecule has 0 saturated carbocycles. The van der Waals surface area contributed by atoms with Crippen molar-refractivity contribution in [1.82, 2.24) is 5.32 Å². The predicted molar refractivity (Wildman–Crippen MR) is 113 cm³/mol. The Morgan fingerprint density at radius 2 is 1.93 bits per heavy atom. The van der Waals surface area contributed by atoms with Crippen LogP contribution < -0.4 is 15.5 Å². The summed E-state index contributed by atoms with van der Waals surface area (Å²) >= 11 is 7.30. The zero-order valence-corrected chi connectivity index (χ0v) is 16.5. The summed E-state index contributed by atoms with van der Waals surface area (Å²) in [4.78, 5) is 27.4. The molecule has 0 spiro atoms. The lowest BCUT2D eigenvalue weighted by Crippen LogP contribution is -2.29. The number of urea groups is 1. The predicted octanol–water partition coefficient (Wildman–Crippen LogP) is 4.93. The summed E-state index contributed by atoms with van der Waals surface area (Å²) < 4.78 is 0. The highest BCUT2D eigenvalue weighted by molar-refractivity contribution is 7.12. The number of nitrogens with one attached hydrogen (secondary N) is 2. The van der Waals surface area contributed by atoms with Crippen molar-refractivity contribution >= 4 is 46.3 Å². The first-order chi connectivity index (χ1) is 13.6. The number of amides is 3. The molecule has 3 aromatic rings. The zero-order valence-electron chi connectivity index (χ0n) is 14.9. The van der Waals surface area contributed by atoms with Gasteiger partial charge in [-0.25, -0.2) is 4.79 Å². The standard InChI is InChI=1S/C21H18ClN3O2S/c22-16-6-3-14(4-7-16)13-23-21(27)24-17-8-5-15-9-10-25(18(15)12-17)20(26)19-2-1-11-28-19/h1-8,11-12H,9-10,13H2,(H2,23,24,27). The third kappa shape index (κ3) is 4.03. The average Bonchev–Trinajstić information content (AvgIpc) is 3.37. The maximum atomic E-state index is 12.7. The highest BCUT2D eigenvalue weighted by atomic mass is 35.5. The molecule has 0 unspecified atom stereocenters. The fourth-order valence-corrected chi connectivity index (χ4v) is 3.96. The van der Waals surface area contributed by atoms with Crippen LogP contribution in [0.4, 0.5) is 16.2 Å². The molecule has 28 heavy (non-hydrogen) atoms. The minimum Gasteiger partial charge on any atom is -0.334 e. The summed E-state index contributed by atoms with van der Waals surface area (Å²) in [6, 6.07) is 16.4. The van der Waals surface area contributed by atoms with Crippen LogP contribution in [0.2, 0.25) is 5.02 Å². The summed E-state index contributed by atoms with van der Waals surface area (Å²) in [5.41, 5.74) is 3.57. The Balaban J connectivity index is 1.42. The smallest absolute Gasteiger partial charge is 0.319 e. The van der Waals surface area contributed by atoms with Crippen molar-refractivity contribution in [2.24, 2.45) is 0 Å². The van der Waals surface area contributed by atoms with Crippen molar-refractivity contribution < 1.29 is 9.59 Å². The van der Waals surface area contributed by atoms with Gasteiger partial charge < -0.3 is 15.5 Å². The molecule has 2 N–H and O–H groups in total. The molecule has 7 heteroatoms. The fraction of sp³-hybridized carbons (Fsp3) is 0.143. The van der Waals surface area contributed by atoms with Gasteiger partial charge in [0, 0.05) is 29.5 Å². The summed E-state index contributed by atoms with van der Waals surface area (Å²) in [7, 11) is 0. The highest BCUT2D eigenvalue weighted by Crippen LogP contribution is 2.32. The second-order valence-electron chi connectivity index (χ2n) is 6.46. The van der Waals surface area contributed by atoms with Gasteiger partial charge in [0.2, 0.25) is 0 Å². The van der Waals surface area contributed by atoms with Crippen LogP contribution in [0.25, 0.3) is 0 Å². The monoisotopic (exact) mass is 411 g/mol. The third-order valence-electron chi connectivity index (χ3n) is 4.58. The number of benzene rings is 2. The van der Waals surface area contributed by atoms with Crippen molar-refractivity contribution in [1.29, 1.82) is 0 Å². The molecule has 0 atom stereocenters. The molecule has 2 heterocycles. The average molecular weight is 412 g/mol. The Labute approximate surface area is 171 Å². The number of halogens is 1. The molecule has 3 amide bonds. The lowest BCUT2D eigenvalue weighted by molar-refractivity contribution is 0.0993. The van der Waals surface area contributed by atoms with E-state index in [1.165, 1.54) is 11.3 Å². The maximum absolute atomic E-state index is 12.7. The van der Waals surface area contributed by atoms with Crippen LogP contribution in [0, 0.1) is 0 Å². The summed E-state index contributed by atoms with van der Waals surface area (Å²) in [6.07, 6.45) is 0.815. The van der Waals surface area contributed by atoms with E-state index in [4.69, 9.17) is 11.6 Å². The van der Waals surface area contributed by atoms with Crippen molar-refractivity contribution in [2.45, 2.75) is 13.0 Å². The van der Waals surface area contributed by atoms with E-state index in [0.717, 1.165) is 23.2 Å². The van der Waals surface area contributed by atoms with Gasteiger partial charge in [-0.15, -0.1) is 11.3 Å². The molecule has 4 rings (SSSR count). The van der Waals surface area contributed by atoms with Crippen LogP contribution >= 0.6 is 22.9 Å². The number of nitrogens with zero attached hydrogens (tertiary/aromatic N) is 1. The first-order valence-corrected chi connectivity index (χ1v) is 10.1. The van der Waals surface area contributed by atoms with Crippen molar-refractivity contribution in [3.8, 4) is 0 Å². The van der Waals surface area contributed by atoms with Crippen LogP contribution in [0.5, 0.6) is 0 Å². The van der Waals surface area contributed by atoms with Crippen molar-refractivity contribution in [2.75, 3.05) is 16.8 Å². The van der Waals surface area contributed by atoms with Gasteiger partial charge in [0.15, 0.2) is 0 Å². The SMILES string of the molecule is O=C(NCc1ccc(Cl)cc1)Nc1ccc2c(c1)N(C(=O)c1cccs1)CC2. The zero-order chi connectivity index (χ0) is 19.5. The maximum Gasteiger partial charge on any atom is 0.319 e. The Bertz CT molecular complexity index is 1000.